The molecule has 1 unspecified atom stereocenters. The smallest absolute Gasteiger partial charge is 0.267 e. The number of rotatable bonds is 4. The van der Waals surface area contributed by atoms with Crippen LogP contribution in [0.2, 0.25) is 5.02 Å². The maximum Gasteiger partial charge on any atom is 0.267 e. The predicted molar refractivity (Wildman–Crippen MR) is 123 cm³/mol. The van der Waals surface area contributed by atoms with E-state index in [2.05, 4.69) is 5.32 Å². The van der Waals surface area contributed by atoms with Gasteiger partial charge in [-0.2, -0.15) is 4.31 Å². The summed E-state index contributed by atoms with van der Waals surface area (Å²) in [7, 11) is -3.54. The van der Waals surface area contributed by atoms with Gasteiger partial charge in [-0.1, -0.05) is 30.2 Å². The van der Waals surface area contributed by atoms with Gasteiger partial charge in [0.2, 0.25) is 10.0 Å². The van der Waals surface area contributed by atoms with E-state index >= 15 is 0 Å². The van der Waals surface area contributed by atoms with Crippen molar-refractivity contribution in [3.63, 3.8) is 0 Å². The molecular formula is C22H23ClN2O3S2. The van der Waals surface area contributed by atoms with Gasteiger partial charge in [-0.05, 0) is 62.6 Å². The Morgan fingerprint density at radius 1 is 1.17 bits per heavy atom. The number of halogens is 1. The Labute approximate surface area is 185 Å². The Morgan fingerprint density at radius 3 is 2.60 bits per heavy atom. The lowest BCUT2D eigenvalue weighted by Crippen LogP contribution is -2.41. The highest BCUT2D eigenvalue weighted by molar-refractivity contribution is 7.89. The van der Waals surface area contributed by atoms with E-state index in [9.17, 15) is 13.2 Å². The van der Waals surface area contributed by atoms with Crippen LogP contribution in [-0.2, 0) is 10.0 Å². The number of piperidine rings is 1. The monoisotopic (exact) mass is 462 g/mol. The molecule has 0 saturated carbocycles. The SMILES string of the molecule is Cc1ccc2c(Cl)c(C(=O)Nc3ccc(S(=O)(=O)N4CCCCC4C)cc3)sc2c1. The van der Waals surface area contributed by atoms with Crippen molar-refractivity contribution >= 4 is 54.6 Å². The Balaban J connectivity index is 1.54. The number of carbonyl (C=O) groups is 1. The molecule has 1 N–H and O–H groups in total. The van der Waals surface area contributed by atoms with E-state index in [0.29, 0.717) is 22.1 Å². The van der Waals surface area contributed by atoms with Gasteiger partial charge in [-0.3, -0.25) is 4.79 Å². The first-order chi connectivity index (χ1) is 14.3. The number of anilines is 1. The molecule has 1 fully saturated rings. The summed E-state index contributed by atoms with van der Waals surface area (Å²) in [6.45, 7) is 4.49. The van der Waals surface area contributed by atoms with Gasteiger partial charge in [0.1, 0.15) is 4.88 Å². The van der Waals surface area contributed by atoms with Gasteiger partial charge in [0.05, 0.1) is 9.92 Å². The normalized spacial score (nSPS) is 17.9. The third-order valence-electron chi connectivity index (χ3n) is 5.45. The van der Waals surface area contributed by atoms with E-state index in [0.717, 1.165) is 34.9 Å². The molecule has 0 bridgehead atoms. The van der Waals surface area contributed by atoms with Gasteiger partial charge in [0.25, 0.3) is 5.91 Å². The number of amides is 1. The maximum atomic E-state index is 12.9. The minimum absolute atomic E-state index is 0.00173. The maximum absolute atomic E-state index is 12.9. The minimum atomic E-state index is -3.54. The van der Waals surface area contributed by atoms with Gasteiger partial charge < -0.3 is 5.32 Å². The fraction of sp³-hybridized carbons (Fsp3) is 0.318. The van der Waals surface area contributed by atoms with Crippen molar-refractivity contribution in [2.45, 2.75) is 44.0 Å². The molecule has 1 aromatic heterocycles. The van der Waals surface area contributed by atoms with Crippen LogP contribution in [0.5, 0.6) is 0 Å². The lowest BCUT2D eigenvalue weighted by Gasteiger charge is -2.32. The first-order valence-electron chi connectivity index (χ1n) is 9.89. The third-order valence-corrected chi connectivity index (χ3v) is 9.14. The van der Waals surface area contributed by atoms with Crippen LogP contribution in [0.1, 0.15) is 41.4 Å². The number of fused-ring (bicyclic) bond motifs is 1. The average Bonchev–Trinajstić information content (AvgIpc) is 3.04. The molecule has 1 amide bonds. The van der Waals surface area contributed by atoms with Crippen LogP contribution in [0.15, 0.2) is 47.4 Å². The predicted octanol–water partition coefficient (Wildman–Crippen LogP) is 5.68. The van der Waals surface area contributed by atoms with Gasteiger partial charge in [0.15, 0.2) is 0 Å². The van der Waals surface area contributed by atoms with Crippen molar-refractivity contribution in [1.29, 1.82) is 0 Å². The van der Waals surface area contributed by atoms with E-state index in [-0.39, 0.29) is 16.8 Å². The summed E-state index contributed by atoms with van der Waals surface area (Å²) in [5.74, 6) is -0.306. The molecule has 1 saturated heterocycles. The van der Waals surface area contributed by atoms with Crippen molar-refractivity contribution in [3.05, 3.63) is 57.9 Å². The van der Waals surface area contributed by atoms with Crippen molar-refractivity contribution in [1.82, 2.24) is 4.31 Å². The van der Waals surface area contributed by atoms with Crippen LogP contribution in [0.4, 0.5) is 5.69 Å². The van der Waals surface area contributed by atoms with E-state index < -0.39 is 10.0 Å². The second-order valence-corrected chi connectivity index (χ2v) is 11.0. The third kappa shape index (κ3) is 3.99. The van der Waals surface area contributed by atoms with Crippen LogP contribution in [0.25, 0.3) is 10.1 Å². The average molecular weight is 463 g/mol. The van der Waals surface area contributed by atoms with Gasteiger partial charge in [0, 0.05) is 28.4 Å². The number of sulfonamides is 1. The Bertz CT molecular complexity index is 1200. The van der Waals surface area contributed by atoms with Crippen LogP contribution in [-0.4, -0.2) is 31.2 Å². The standard InChI is InChI=1S/C22H23ClN2O3S2/c1-14-6-11-18-19(13-14)29-21(20(18)23)22(26)24-16-7-9-17(10-8-16)30(27,28)25-12-4-3-5-15(25)2/h6-11,13,15H,3-5,12H2,1-2H3,(H,24,26). The number of aryl methyl sites for hydroxylation is 1. The second-order valence-electron chi connectivity index (χ2n) is 7.68. The zero-order valence-corrected chi connectivity index (χ0v) is 19.2. The highest BCUT2D eigenvalue weighted by Gasteiger charge is 2.30. The minimum Gasteiger partial charge on any atom is -0.321 e. The molecule has 1 aliphatic rings. The number of nitrogens with zero attached hydrogens (tertiary/aromatic N) is 1. The lowest BCUT2D eigenvalue weighted by atomic mass is 10.1. The van der Waals surface area contributed by atoms with E-state index in [1.54, 1.807) is 28.6 Å². The van der Waals surface area contributed by atoms with Crippen LogP contribution >= 0.6 is 22.9 Å². The number of hydrogen-bond acceptors (Lipinski definition) is 4. The Hall–Kier alpha value is -1.93. The molecule has 30 heavy (non-hydrogen) atoms. The number of carbonyl (C=O) groups excluding carboxylic acids is 1. The Kier molecular flexibility index (Phi) is 5.90. The zero-order valence-electron chi connectivity index (χ0n) is 16.8. The highest BCUT2D eigenvalue weighted by atomic mass is 35.5. The molecule has 2 aromatic carbocycles. The van der Waals surface area contributed by atoms with Crippen LogP contribution in [0, 0.1) is 6.92 Å². The van der Waals surface area contributed by atoms with Crippen molar-refractivity contribution < 1.29 is 13.2 Å². The van der Waals surface area contributed by atoms with Gasteiger partial charge >= 0.3 is 0 Å². The van der Waals surface area contributed by atoms with Crippen molar-refractivity contribution in [3.8, 4) is 0 Å². The fourth-order valence-electron chi connectivity index (χ4n) is 3.78. The fourth-order valence-corrected chi connectivity index (χ4v) is 6.99. The molecule has 1 atom stereocenters. The quantitative estimate of drug-likeness (QED) is 0.542. The lowest BCUT2D eigenvalue weighted by molar-refractivity contribution is 0.103. The number of hydrogen-bond donors (Lipinski definition) is 1. The molecule has 3 aromatic rings. The molecule has 158 valence electrons. The van der Waals surface area contributed by atoms with Crippen molar-refractivity contribution in [2.24, 2.45) is 0 Å². The molecule has 2 heterocycles. The highest BCUT2D eigenvalue weighted by Crippen LogP contribution is 2.36. The van der Waals surface area contributed by atoms with Crippen LogP contribution < -0.4 is 5.32 Å². The molecule has 0 radical (unpaired) electrons. The van der Waals surface area contributed by atoms with E-state index in [1.165, 1.54) is 11.3 Å². The summed E-state index contributed by atoms with van der Waals surface area (Å²) in [4.78, 5) is 13.4. The second kappa shape index (κ2) is 8.30. The van der Waals surface area contributed by atoms with E-state index in [1.807, 2.05) is 32.0 Å². The summed E-state index contributed by atoms with van der Waals surface area (Å²) < 4.78 is 28.4. The molecule has 1 aliphatic heterocycles. The number of thiophene rings is 1. The summed E-state index contributed by atoms with van der Waals surface area (Å²) in [5, 5.41) is 4.11. The van der Waals surface area contributed by atoms with Crippen molar-refractivity contribution in [2.75, 3.05) is 11.9 Å². The topological polar surface area (TPSA) is 66.5 Å². The summed E-state index contributed by atoms with van der Waals surface area (Å²) in [5.41, 5.74) is 1.63. The molecular weight excluding hydrogens is 440 g/mol. The molecule has 5 nitrogen and oxygen atoms in total. The first kappa shape index (κ1) is 21.3. The molecule has 4 rings (SSSR count). The van der Waals surface area contributed by atoms with Gasteiger partial charge in [-0.25, -0.2) is 8.42 Å². The van der Waals surface area contributed by atoms with Gasteiger partial charge in [-0.15, -0.1) is 11.3 Å². The number of nitrogens with one attached hydrogen (secondary N) is 1. The first-order valence-corrected chi connectivity index (χ1v) is 12.5. The Morgan fingerprint density at radius 2 is 1.90 bits per heavy atom. The van der Waals surface area contributed by atoms with Crippen LogP contribution in [0.3, 0.4) is 0 Å². The summed E-state index contributed by atoms with van der Waals surface area (Å²) >= 11 is 7.77. The molecule has 0 aliphatic carbocycles. The summed E-state index contributed by atoms with van der Waals surface area (Å²) in [6.07, 6.45) is 2.81. The molecule has 0 spiro atoms. The number of benzene rings is 2. The summed E-state index contributed by atoms with van der Waals surface area (Å²) in [6, 6.07) is 12.2. The largest absolute Gasteiger partial charge is 0.321 e. The van der Waals surface area contributed by atoms with E-state index in [4.69, 9.17) is 11.6 Å². The molecule has 8 heteroatoms. The zero-order chi connectivity index (χ0) is 21.5.